The SMILES string of the molecule is CC(C)(C)OC(=O)CC[C@H]1OC(c2ccccc2)O[C@@H]1CCC(=O)OC(C)(C)C. The fourth-order valence-corrected chi connectivity index (χ4v) is 3.11. The van der Waals surface area contributed by atoms with Gasteiger partial charge in [-0.15, -0.1) is 0 Å². The summed E-state index contributed by atoms with van der Waals surface area (Å²) in [5.74, 6) is -0.537. The van der Waals surface area contributed by atoms with Gasteiger partial charge >= 0.3 is 11.9 Å². The van der Waals surface area contributed by atoms with Crippen molar-refractivity contribution in [1.29, 1.82) is 0 Å². The number of carbonyl (C=O) groups is 2. The molecule has 6 nitrogen and oxygen atoms in total. The fraction of sp³-hybridized carbons (Fsp3) is 0.652. The van der Waals surface area contributed by atoms with Gasteiger partial charge in [-0.2, -0.15) is 0 Å². The summed E-state index contributed by atoms with van der Waals surface area (Å²) in [6.45, 7) is 11.1. The van der Waals surface area contributed by atoms with Gasteiger partial charge < -0.3 is 18.9 Å². The first-order valence-electron chi connectivity index (χ1n) is 10.2. The van der Waals surface area contributed by atoms with Gasteiger partial charge in [0.05, 0.1) is 12.2 Å². The minimum Gasteiger partial charge on any atom is -0.460 e. The van der Waals surface area contributed by atoms with E-state index >= 15 is 0 Å². The van der Waals surface area contributed by atoms with Crippen molar-refractivity contribution in [3.8, 4) is 0 Å². The van der Waals surface area contributed by atoms with E-state index in [2.05, 4.69) is 0 Å². The van der Waals surface area contributed by atoms with E-state index in [4.69, 9.17) is 18.9 Å². The molecule has 0 unspecified atom stereocenters. The molecule has 6 heteroatoms. The number of carbonyl (C=O) groups excluding carboxylic acids is 2. The van der Waals surface area contributed by atoms with Gasteiger partial charge in [0.15, 0.2) is 6.29 Å². The van der Waals surface area contributed by atoms with Crippen molar-refractivity contribution in [2.45, 2.75) is 96.9 Å². The second-order valence-electron chi connectivity index (χ2n) is 9.34. The summed E-state index contributed by atoms with van der Waals surface area (Å²) in [7, 11) is 0. The largest absolute Gasteiger partial charge is 0.460 e. The average molecular weight is 407 g/mol. The van der Waals surface area contributed by atoms with Crippen LogP contribution in [-0.2, 0) is 28.5 Å². The number of ether oxygens (including phenoxy) is 4. The Balaban J connectivity index is 1.98. The van der Waals surface area contributed by atoms with Crippen molar-refractivity contribution in [2.75, 3.05) is 0 Å². The second kappa shape index (κ2) is 9.72. The summed E-state index contributed by atoms with van der Waals surface area (Å²) in [4.78, 5) is 24.2. The Morgan fingerprint density at radius 1 is 0.793 bits per heavy atom. The van der Waals surface area contributed by atoms with Crippen LogP contribution in [0.2, 0.25) is 0 Å². The minimum absolute atomic E-state index is 0.232. The summed E-state index contributed by atoms with van der Waals surface area (Å²) in [6, 6.07) is 9.65. The molecular weight excluding hydrogens is 372 g/mol. The van der Waals surface area contributed by atoms with E-state index in [0.29, 0.717) is 12.8 Å². The van der Waals surface area contributed by atoms with Gasteiger partial charge in [-0.25, -0.2) is 0 Å². The first-order chi connectivity index (χ1) is 13.4. The minimum atomic E-state index is -0.521. The highest BCUT2D eigenvalue weighted by atomic mass is 16.7. The van der Waals surface area contributed by atoms with Crippen LogP contribution in [0.15, 0.2) is 30.3 Å². The molecule has 2 atom stereocenters. The highest BCUT2D eigenvalue weighted by molar-refractivity contribution is 5.70. The van der Waals surface area contributed by atoms with E-state index in [9.17, 15) is 9.59 Å². The maximum absolute atomic E-state index is 12.1. The number of hydrogen-bond acceptors (Lipinski definition) is 6. The van der Waals surface area contributed by atoms with Crippen LogP contribution in [0.1, 0.15) is 79.1 Å². The average Bonchev–Trinajstić information content (AvgIpc) is 2.99. The molecule has 0 aromatic heterocycles. The quantitative estimate of drug-likeness (QED) is 0.611. The highest BCUT2D eigenvalue weighted by Crippen LogP contribution is 2.35. The van der Waals surface area contributed by atoms with E-state index in [-0.39, 0.29) is 37.0 Å². The molecular formula is C23H34O6. The Morgan fingerprint density at radius 2 is 1.21 bits per heavy atom. The Labute approximate surface area is 173 Å². The molecule has 1 heterocycles. The summed E-state index contributed by atoms with van der Waals surface area (Å²) in [5.41, 5.74) is -0.130. The van der Waals surface area contributed by atoms with Crippen LogP contribution in [0.5, 0.6) is 0 Å². The molecule has 1 aliphatic heterocycles. The number of hydrogen-bond donors (Lipinski definition) is 0. The second-order valence-corrected chi connectivity index (χ2v) is 9.34. The van der Waals surface area contributed by atoms with Crippen LogP contribution >= 0.6 is 0 Å². The fourth-order valence-electron chi connectivity index (χ4n) is 3.11. The van der Waals surface area contributed by atoms with E-state index < -0.39 is 17.5 Å². The molecule has 0 N–H and O–H groups in total. The van der Waals surface area contributed by atoms with Gasteiger partial charge in [-0.05, 0) is 54.4 Å². The summed E-state index contributed by atoms with van der Waals surface area (Å²) >= 11 is 0. The van der Waals surface area contributed by atoms with Crippen LogP contribution in [0.25, 0.3) is 0 Å². The number of esters is 2. The molecule has 1 fully saturated rings. The standard InChI is InChI=1S/C23H34O6/c1-22(2,3)28-19(24)14-12-17-18(13-15-20(25)29-23(4,5)6)27-21(26-17)16-10-8-7-9-11-16/h7-11,17-18,21H,12-15H2,1-6H3/t17-,18-/m1/s1. The first-order valence-corrected chi connectivity index (χ1v) is 10.2. The Hall–Kier alpha value is -1.92. The molecule has 1 aromatic rings. The molecule has 0 radical (unpaired) electrons. The predicted molar refractivity (Wildman–Crippen MR) is 109 cm³/mol. The molecule has 0 saturated carbocycles. The molecule has 0 bridgehead atoms. The lowest BCUT2D eigenvalue weighted by Crippen LogP contribution is -2.28. The van der Waals surface area contributed by atoms with Crippen LogP contribution < -0.4 is 0 Å². The Kier molecular flexibility index (Phi) is 7.83. The normalized spacial score (nSPS) is 20.5. The molecule has 29 heavy (non-hydrogen) atoms. The van der Waals surface area contributed by atoms with E-state index in [1.165, 1.54) is 0 Å². The zero-order valence-electron chi connectivity index (χ0n) is 18.4. The van der Waals surface area contributed by atoms with Crippen molar-refractivity contribution < 1.29 is 28.5 Å². The molecule has 0 spiro atoms. The molecule has 1 aromatic carbocycles. The number of rotatable bonds is 7. The lowest BCUT2D eigenvalue weighted by molar-refractivity contribution is -0.157. The lowest BCUT2D eigenvalue weighted by Gasteiger charge is -2.22. The van der Waals surface area contributed by atoms with Crippen LogP contribution in [0, 0.1) is 0 Å². The molecule has 0 aliphatic carbocycles. The summed E-state index contributed by atoms with van der Waals surface area (Å²) in [5, 5.41) is 0. The smallest absolute Gasteiger partial charge is 0.306 e. The van der Waals surface area contributed by atoms with Gasteiger partial charge in [-0.3, -0.25) is 9.59 Å². The van der Waals surface area contributed by atoms with Gasteiger partial charge in [-0.1, -0.05) is 30.3 Å². The molecule has 0 amide bonds. The van der Waals surface area contributed by atoms with Gasteiger partial charge in [0, 0.05) is 18.4 Å². The van der Waals surface area contributed by atoms with E-state index in [1.807, 2.05) is 71.9 Å². The molecule has 1 saturated heterocycles. The zero-order valence-corrected chi connectivity index (χ0v) is 18.4. The van der Waals surface area contributed by atoms with E-state index in [1.54, 1.807) is 0 Å². The van der Waals surface area contributed by atoms with Crippen LogP contribution in [0.3, 0.4) is 0 Å². The van der Waals surface area contributed by atoms with Gasteiger partial charge in [0.2, 0.25) is 0 Å². The van der Waals surface area contributed by atoms with Crippen LogP contribution in [-0.4, -0.2) is 35.3 Å². The van der Waals surface area contributed by atoms with Crippen molar-refractivity contribution in [2.24, 2.45) is 0 Å². The third-order valence-corrected chi connectivity index (χ3v) is 4.19. The topological polar surface area (TPSA) is 71.1 Å². The molecule has 1 aliphatic rings. The molecule has 162 valence electrons. The maximum atomic E-state index is 12.1. The zero-order chi connectivity index (χ0) is 21.7. The third kappa shape index (κ3) is 8.54. The Bertz CT molecular complexity index is 631. The van der Waals surface area contributed by atoms with Gasteiger partial charge in [0.1, 0.15) is 11.2 Å². The monoisotopic (exact) mass is 406 g/mol. The van der Waals surface area contributed by atoms with Crippen molar-refractivity contribution >= 4 is 11.9 Å². The number of benzene rings is 1. The maximum Gasteiger partial charge on any atom is 0.306 e. The van der Waals surface area contributed by atoms with Crippen molar-refractivity contribution in [3.63, 3.8) is 0 Å². The highest BCUT2D eigenvalue weighted by Gasteiger charge is 2.37. The van der Waals surface area contributed by atoms with Crippen molar-refractivity contribution in [1.82, 2.24) is 0 Å². The lowest BCUT2D eigenvalue weighted by atomic mass is 10.0. The summed E-state index contributed by atoms with van der Waals surface area (Å²) in [6.07, 6.45) is 0.300. The predicted octanol–water partition coefficient (Wildman–Crippen LogP) is 4.71. The first kappa shape index (κ1) is 23.4. The van der Waals surface area contributed by atoms with E-state index in [0.717, 1.165) is 5.56 Å². The van der Waals surface area contributed by atoms with Crippen molar-refractivity contribution in [3.05, 3.63) is 35.9 Å². The molecule has 2 rings (SSSR count). The van der Waals surface area contributed by atoms with Crippen LogP contribution in [0.4, 0.5) is 0 Å². The summed E-state index contributed by atoms with van der Waals surface area (Å²) < 4.78 is 23.0. The Morgan fingerprint density at radius 3 is 1.59 bits per heavy atom. The third-order valence-electron chi connectivity index (χ3n) is 4.19. The van der Waals surface area contributed by atoms with Gasteiger partial charge in [0.25, 0.3) is 0 Å².